The van der Waals surface area contributed by atoms with Crippen molar-refractivity contribution in [2.75, 3.05) is 12.4 Å². The molecule has 2 N–H and O–H groups in total. The second kappa shape index (κ2) is 6.61. The number of anilines is 1. The number of carbonyl (C=O) groups is 1. The van der Waals surface area contributed by atoms with Crippen LogP contribution in [0.25, 0.3) is 0 Å². The lowest BCUT2D eigenvalue weighted by atomic mass is 10.1. The van der Waals surface area contributed by atoms with Crippen molar-refractivity contribution in [3.8, 4) is 5.75 Å². The van der Waals surface area contributed by atoms with Crippen molar-refractivity contribution >= 4 is 11.7 Å². The minimum atomic E-state index is -0.871. The van der Waals surface area contributed by atoms with Gasteiger partial charge < -0.3 is 15.2 Å². The van der Waals surface area contributed by atoms with Crippen molar-refractivity contribution in [1.82, 2.24) is 0 Å². The van der Waals surface area contributed by atoms with E-state index in [0.717, 1.165) is 17.0 Å². The lowest BCUT2D eigenvalue weighted by Crippen LogP contribution is -2.31. The summed E-state index contributed by atoms with van der Waals surface area (Å²) in [5.74, 6) is -0.110. The maximum atomic E-state index is 11.3. The van der Waals surface area contributed by atoms with Crippen molar-refractivity contribution in [2.45, 2.75) is 12.5 Å². The smallest absolute Gasteiger partial charge is 0.326 e. The molecule has 0 aromatic heterocycles. The number of para-hydroxylation sites is 1. The van der Waals surface area contributed by atoms with Crippen molar-refractivity contribution in [1.29, 1.82) is 0 Å². The Morgan fingerprint density at radius 3 is 2.35 bits per heavy atom. The van der Waals surface area contributed by atoms with E-state index in [0.29, 0.717) is 6.42 Å². The summed E-state index contributed by atoms with van der Waals surface area (Å²) in [6.45, 7) is 0. The van der Waals surface area contributed by atoms with E-state index in [2.05, 4.69) is 5.32 Å². The van der Waals surface area contributed by atoms with Crippen LogP contribution < -0.4 is 10.1 Å². The standard InChI is InChI=1S/C16H17NO3/c1-20-14-9-7-12(8-10-14)11-15(16(18)19)17-13-5-3-2-4-6-13/h2-10,15,17H,11H2,1H3,(H,18,19). The third-order valence-corrected chi connectivity index (χ3v) is 3.01. The number of hydrogen-bond acceptors (Lipinski definition) is 3. The van der Waals surface area contributed by atoms with Crippen molar-refractivity contribution in [2.24, 2.45) is 0 Å². The Morgan fingerprint density at radius 2 is 1.80 bits per heavy atom. The Morgan fingerprint density at radius 1 is 1.15 bits per heavy atom. The van der Waals surface area contributed by atoms with E-state index >= 15 is 0 Å². The molecule has 0 aliphatic rings. The second-order valence-corrected chi connectivity index (χ2v) is 4.45. The zero-order valence-corrected chi connectivity index (χ0v) is 11.2. The molecule has 2 rings (SSSR count). The number of carboxylic acid groups (broad SMARTS) is 1. The summed E-state index contributed by atoms with van der Waals surface area (Å²) in [6.07, 6.45) is 0.411. The van der Waals surface area contributed by atoms with Crippen molar-refractivity contribution < 1.29 is 14.6 Å². The van der Waals surface area contributed by atoms with E-state index in [-0.39, 0.29) is 0 Å². The molecular weight excluding hydrogens is 254 g/mol. The number of ether oxygens (including phenoxy) is 1. The zero-order chi connectivity index (χ0) is 14.4. The fraction of sp³-hybridized carbons (Fsp3) is 0.188. The summed E-state index contributed by atoms with van der Waals surface area (Å²) in [7, 11) is 1.60. The topological polar surface area (TPSA) is 58.6 Å². The summed E-state index contributed by atoms with van der Waals surface area (Å²) in [6, 6.07) is 16.1. The van der Waals surface area contributed by atoms with Gasteiger partial charge in [0.2, 0.25) is 0 Å². The van der Waals surface area contributed by atoms with Gasteiger partial charge in [0.25, 0.3) is 0 Å². The molecule has 20 heavy (non-hydrogen) atoms. The molecule has 0 amide bonds. The maximum absolute atomic E-state index is 11.3. The first kappa shape index (κ1) is 13.9. The van der Waals surface area contributed by atoms with Crippen LogP contribution in [0.5, 0.6) is 5.75 Å². The van der Waals surface area contributed by atoms with Crippen LogP contribution in [-0.2, 0) is 11.2 Å². The summed E-state index contributed by atoms with van der Waals surface area (Å²) < 4.78 is 5.09. The highest BCUT2D eigenvalue weighted by Crippen LogP contribution is 2.15. The molecule has 0 aliphatic carbocycles. The molecule has 0 saturated carbocycles. The molecule has 104 valence electrons. The van der Waals surface area contributed by atoms with Crippen LogP contribution in [-0.4, -0.2) is 24.2 Å². The summed E-state index contributed by atoms with van der Waals surface area (Å²) in [5, 5.41) is 12.3. The number of nitrogens with one attached hydrogen (secondary N) is 1. The molecule has 2 aromatic rings. The van der Waals surface area contributed by atoms with Gasteiger partial charge in [0.05, 0.1) is 7.11 Å². The van der Waals surface area contributed by atoms with Gasteiger partial charge in [-0.05, 0) is 29.8 Å². The van der Waals surface area contributed by atoms with Crippen molar-refractivity contribution in [3.63, 3.8) is 0 Å². The Hall–Kier alpha value is -2.49. The highest BCUT2D eigenvalue weighted by Gasteiger charge is 2.17. The van der Waals surface area contributed by atoms with E-state index in [1.165, 1.54) is 0 Å². The lowest BCUT2D eigenvalue weighted by molar-refractivity contribution is -0.137. The van der Waals surface area contributed by atoms with Gasteiger partial charge in [-0.3, -0.25) is 0 Å². The molecule has 2 aromatic carbocycles. The summed E-state index contributed by atoms with van der Waals surface area (Å²) in [5.41, 5.74) is 1.75. The van der Waals surface area contributed by atoms with Gasteiger partial charge in [-0.25, -0.2) is 4.79 Å². The highest BCUT2D eigenvalue weighted by atomic mass is 16.5. The van der Waals surface area contributed by atoms with Crippen LogP contribution in [0.15, 0.2) is 54.6 Å². The number of methoxy groups -OCH3 is 1. The molecule has 0 aliphatic heterocycles. The van der Waals surface area contributed by atoms with Crippen LogP contribution in [0.4, 0.5) is 5.69 Å². The van der Waals surface area contributed by atoms with E-state index < -0.39 is 12.0 Å². The zero-order valence-electron chi connectivity index (χ0n) is 11.2. The maximum Gasteiger partial charge on any atom is 0.326 e. The third kappa shape index (κ3) is 3.75. The minimum Gasteiger partial charge on any atom is -0.497 e. The SMILES string of the molecule is COc1ccc(CC(Nc2ccccc2)C(=O)O)cc1. The van der Waals surface area contributed by atoms with Gasteiger partial charge in [0, 0.05) is 12.1 Å². The molecule has 1 atom stereocenters. The van der Waals surface area contributed by atoms with E-state index in [4.69, 9.17) is 4.74 Å². The number of hydrogen-bond donors (Lipinski definition) is 2. The first-order valence-corrected chi connectivity index (χ1v) is 6.36. The number of aliphatic carboxylic acids is 1. The van der Waals surface area contributed by atoms with Crippen molar-refractivity contribution in [3.05, 3.63) is 60.2 Å². The Bertz CT molecular complexity index is 552. The predicted octanol–water partition coefficient (Wildman–Crippen LogP) is 2.80. The molecule has 0 spiro atoms. The summed E-state index contributed by atoms with van der Waals surface area (Å²) in [4.78, 5) is 11.3. The van der Waals surface area contributed by atoms with Crippen LogP contribution in [0.1, 0.15) is 5.56 Å². The van der Waals surface area contributed by atoms with Gasteiger partial charge in [0.15, 0.2) is 0 Å². The first-order chi connectivity index (χ1) is 9.69. The Labute approximate surface area is 118 Å². The number of benzene rings is 2. The molecule has 0 heterocycles. The molecule has 4 heteroatoms. The van der Waals surface area contributed by atoms with Crippen LogP contribution >= 0.6 is 0 Å². The van der Waals surface area contributed by atoms with E-state index in [9.17, 15) is 9.90 Å². The Kier molecular flexibility index (Phi) is 4.60. The number of rotatable bonds is 6. The average Bonchev–Trinajstić information content (AvgIpc) is 2.48. The molecular formula is C16H17NO3. The largest absolute Gasteiger partial charge is 0.497 e. The Balaban J connectivity index is 2.07. The fourth-order valence-electron chi connectivity index (χ4n) is 1.93. The third-order valence-electron chi connectivity index (χ3n) is 3.01. The van der Waals surface area contributed by atoms with Gasteiger partial charge in [-0.15, -0.1) is 0 Å². The normalized spacial score (nSPS) is 11.7. The number of carboxylic acids is 1. The summed E-state index contributed by atoms with van der Waals surface area (Å²) >= 11 is 0. The molecule has 1 unspecified atom stereocenters. The van der Waals surface area contributed by atoms with E-state index in [1.807, 2.05) is 54.6 Å². The van der Waals surface area contributed by atoms with Crippen LogP contribution in [0.2, 0.25) is 0 Å². The average molecular weight is 271 g/mol. The quantitative estimate of drug-likeness (QED) is 0.848. The lowest BCUT2D eigenvalue weighted by Gasteiger charge is -2.16. The van der Waals surface area contributed by atoms with Gasteiger partial charge in [0.1, 0.15) is 11.8 Å². The molecule has 0 fully saturated rings. The van der Waals surface area contributed by atoms with Gasteiger partial charge in [-0.1, -0.05) is 30.3 Å². The predicted molar refractivity (Wildman–Crippen MR) is 78.2 cm³/mol. The molecule has 0 bridgehead atoms. The fourth-order valence-corrected chi connectivity index (χ4v) is 1.93. The van der Waals surface area contributed by atoms with Gasteiger partial charge in [-0.2, -0.15) is 0 Å². The highest BCUT2D eigenvalue weighted by molar-refractivity contribution is 5.77. The first-order valence-electron chi connectivity index (χ1n) is 6.36. The minimum absolute atomic E-state index is 0.411. The molecule has 0 saturated heterocycles. The monoisotopic (exact) mass is 271 g/mol. The van der Waals surface area contributed by atoms with Crippen LogP contribution in [0.3, 0.4) is 0 Å². The van der Waals surface area contributed by atoms with Gasteiger partial charge >= 0.3 is 5.97 Å². The van der Waals surface area contributed by atoms with E-state index in [1.54, 1.807) is 7.11 Å². The van der Waals surface area contributed by atoms with Crippen LogP contribution in [0, 0.1) is 0 Å². The molecule has 4 nitrogen and oxygen atoms in total. The second-order valence-electron chi connectivity index (χ2n) is 4.45. The molecule has 0 radical (unpaired) electrons.